The second-order valence-corrected chi connectivity index (χ2v) is 10.3. The van der Waals surface area contributed by atoms with Gasteiger partial charge in [-0.2, -0.15) is 0 Å². The molecular formula is C31H43N5O5. The molecule has 0 aliphatic carbocycles. The van der Waals surface area contributed by atoms with Gasteiger partial charge in [-0.15, -0.1) is 0 Å². The molecule has 0 radical (unpaired) electrons. The van der Waals surface area contributed by atoms with Gasteiger partial charge in [-0.25, -0.2) is 5.43 Å². The highest BCUT2D eigenvalue weighted by Crippen LogP contribution is 2.17. The number of carboxylic acid groups (broad SMARTS) is 1. The van der Waals surface area contributed by atoms with Crippen molar-refractivity contribution in [2.75, 3.05) is 6.54 Å². The molecule has 4 N–H and O–H groups in total. The van der Waals surface area contributed by atoms with Crippen molar-refractivity contribution in [1.82, 2.24) is 26.1 Å². The topological polar surface area (TPSA) is 141 Å². The first-order valence-electron chi connectivity index (χ1n) is 14.0. The molecule has 3 atom stereocenters. The normalized spacial score (nSPS) is 16.4. The first-order valence-corrected chi connectivity index (χ1v) is 14.0. The smallest absolute Gasteiger partial charge is 0.322 e. The number of fused-ring (bicyclic) bond motifs is 1. The molecular weight excluding hydrogens is 522 g/mol. The molecule has 222 valence electrons. The highest BCUT2D eigenvalue weighted by molar-refractivity contribution is 5.92. The predicted octanol–water partition coefficient (Wildman–Crippen LogP) is 3.62. The summed E-state index contributed by atoms with van der Waals surface area (Å²) in [6, 6.07) is 6.11. The standard InChI is InChI=1S/C18H30N4O5.C13H13N/c1-5-6-9-14(23)20-15(11(2)3)16(24)19-12(4)17(25)22-10-7-8-13(21-22)18(26)27;1-3-10-5-6-11-9-14-13(4-2)8-12(11)7-10/h5-6,11-13,15,21H,7-10H2,1-4H3,(H,19,24)(H,20,23)(H,26,27);4-9H,2-3H2,1H3/b6-5+;. The van der Waals surface area contributed by atoms with Gasteiger partial charge in [0.1, 0.15) is 18.1 Å². The Labute approximate surface area is 242 Å². The molecule has 2 heterocycles. The lowest BCUT2D eigenvalue weighted by atomic mass is 10.0. The zero-order valence-corrected chi connectivity index (χ0v) is 24.6. The van der Waals surface area contributed by atoms with Crippen LogP contribution in [0.3, 0.4) is 0 Å². The Morgan fingerprint density at radius 3 is 2.51 bits per heavy atom. The van der Waals surface area contributed by atoms with Crippen molar-refractivity contribution < 1.29 is 24.3 Å². The summed E-state index contributed by atoms with van der Waals surface area (Å²) in [5.74, 6) is -2.33. The van der Waals surface area contributed by atoms with Crippen LogP contribution in [0.4, 0.5) is 0 Å². The quantitative estimate of drug-likeness (QED) is 0.323. The maximum atomic E-state index is 12.5. The van der Waals surface area contributed by atoms with Gasteiger partial charge >= 0.3 is 5.97 Å². The fraction of sp³-hybridized carbons (Fsp3) is 0.452. The van der Waals surface area contributed by atoms with Gasteiger partial charge in [0.15, 0.2) is 0 Å². The van der Waals surface area contributed by atoms with E-state index in [-0.39, 0.29) is 18.2 Å². The maximum absolute atomic E-state index is 12.5. The first kappa shape index (κ1) is 33.2. The number of aliphatic carboxylic acids is 1. The number of benzene rings is 1. The molecule has 0 saturated carbocycles. The van der Waals surface area contributed by atoms with E-state index < -0.39 is 35.9 Å². The third-order valence-electron chi connectivity index (χ3n) is 6.71. The molecule has 1 aliphatic heterocycles. The number of allylic oxidation sites excluding steroid dienone is 1. The summed E-state index contributed by atoms with van der Waals surface area (Å²) in [6.07, 6.45) is 9.36. The number of hydrazine groups is 1. The van der Waals surface area contributed by atoms with Crippen LogP contribution in [0.5, 0.6) is 0 Å². The van der Waals surface area contributed by atoms with Gasteiger partial charge in [-0.3, -0.25) is 29.2 Å². The van der Waals surface area contributed by atoms with E-state index in [9.17, 15) is 19.2 Å². The van der Waals surface area contributed by atoms with Crippen LogP contribution in [0.15, 0.2) is 49.2 Å². The van der Waals surface area contributed by atoms with Crippen LogP contribution in [0, 0.1) is 5.92 Å². The van der Waals surface area contributed by atoms with Crippen molar-refractivity contribution in [2.24, 2.45) is 5.92 Å². The minimum atomic E-state index is -1.02. The lowest BCUT2D eigenvalue weighted by Crippen LogP contribution is -2.60. The molecule has 3 unspecified atom stereocenters. The average Bonchev–Trinajstić information content (AvgIpc) is 2.97. The molecule has 1 aromatic heterocycles. The van der Waals surface area contributed by atoms with Gasteiger partial charge < -0.3 is 15.7 Å². The van der Waals surface area contributed by atoms with E-state index in [1.165, 1.54) is 28.3 Å². The van der Waals surface area contributed by atoms with Crippen LogP contribution in [0.1, 0.15) is 65.1 Å². The molecule has 1 aliphatic rings. The molecule has 10 heteroatoms. The lowest BCUT2D eigenvalue weighted by molar-refractivity contribution is -0.148. The van der Waals surface area contributed by atoms with Crippen LogP contribution in [-0.2, 0) is 25.6 Å². The van der Waals surface area contributed by atoms with E-state index in [1.54, 1.807) is 39.0 Å². The minimum Gasteiger partial charge on any atom is -0.480 e. The second-order valence-electron chi connectivity index (χ2n) is 10.3. The van der Waals surface area contributed by atoms with E-state index in [0.29, 0.717) is 19.4 Å². The number of nitrogens with one attached hydrogen (secondary N) is 3. The molecule has 0 bridgehead atoms. The fourth-order valence-corrected chi connectivity index (χ4v) is 4.25. The van der Waals surface area contributed by atoms with Gasteiger partial charge in [-0.1, -0.05) is 57.7 Å². The van der Waals surface area contributed by atoms with Crippen LogP contribution in [0.2, 0.25) is 0 Å². The monoisotopic (exact) mass is 565 g/mol. The van der Waals surface area contributed by atoms with Crippen LogP contribution in [0.25, 0.3) is 16.8 Å². The molecule has 2 aromatic rings. The molecule has 1 fully saturated rings. The Morgan fingerprint density at radius 2 is 1.90 bits per heavy atom. The van der Waals surface area contributed by atoms with Gasteiger partial charge in [-0.05, 0) is 62.1 Å². The third kappa shape index (κ3) is 10.1. The highest BCUT2D eigenvalue weighted by atomic mass is 16.4. The molecule has 41 heavy (non-hydrogen) atoms. The molecule has 3 amide bonds. The van der Waals surface area contributed by atoms with Gasteiger partial charge in [0, 0.05) is 24.5 Å². The number of aryl methyl sites for hydroxylation is 1. The molecule has 1 saturated heterocycles. The Morgan fingerprint density at radius 1 is 1.17 bits per heavy atom. The molecule has 1 aromatic carbocycles. The number of carboxylic acids is 1. The Kier molecular flexibility index (Phi) is 13.2. The van der Waals surface area contributed by atoms with E-state index >= 15 is 0 Å². The van der Waals surface area contributed by atoms with Gasteiger partial charge in [0.2, 0.25) is 11.8 Å². The van der Waals surface area contributed by atoms with E-state index in [0.717, 1.165) is 12.1 Å². The Bertz CT molecular complexity index is 1260. The number of nitrogens with zero attached hydrogens (tertiary/aromatic N) is 2. The Balaban J connectivity index is 0.000000348. The van der Waals surface area contributed by atoms with Crippen LogP contribution < -0.4 is 16.1 Å². The Hall–Kier alpha value is -4.05. The van der Waals surface area contributed by atoms with E-state index in [2.05, 4.69) is 58.8 Å². The number of rotatable bonds is 10. The van der Waals surface area contributed by atoms with Crippen molar-refractivity contribution in [3.8, 4) is 0 Å². The highest BCUT2D eigenvalue weighted by Gasteiger charge is 2.32. The number of aromatic nitrogens is 1. The maximum Gasteiger partial charge on any atom is 0.322 e. The fourth-order valence-electron chi connectivity index (χ4n) is 4.25. The summed E-state index contributed by atoms with van der Waals surface area (Å²) in [4.78, 5) is 52.3. The van der Waals surface area contributed by atoms with Crippen LogP contribution in [-0.4, -0.2) is 63.5 Å². The zero-order chi connectivity index (χ0) is 30.5. The van der Waals surface area contributed by atoms with E-state index in [1.807, 2.05) is 6.20 Å². The third-order valence-corrected chi connectivity index (χ3v) is 6.71. The average molecular weight is 566 g/mol. The van der Waals surface area contributed by atoms with Crippen molar-refractivity contribution in [1.29, 1.82) is 0 Å². The van der Waals surface area contributed by atoms with Crippen molar-refractivity contribution >= 4 is 40.5 Å². The minimum absolute atomic E-state index is 0.161. The zero-order valence-electron chi connectivity index (χ0n) is 24.6. The van der Waals surface area contributed by atoms with Crippen molar-refractivity contribution in [2.45, 2.75) is 78.4 Å². The van der Waals surface area contributed by atoms with Gasteiger partial charge in [0.05, 0.1) is 5.69 Å². The van der Waals surface area contributed by atoms with E-state index in [4.69, 9.17) is 5.11 Å². The molecule has 0 spiro atoms. The molecule has 10 nitrogen and oxygen atoms in total. The summed E-state index contributed by atoms with van der Waals surface area (Å²) in [5, 5.41) is 18.0. The first-order chi connectivity index (χ1) is 19.5. The second kappa shape index (κ2) is 16.3. The summed E-state index contributed by atoms with van der Waals surface area (Å²) in [5.41, 5.74) is 4.97. The SMILES string of the molecule is C/C=C/CC(=O)NC(C(=O)NC(C)C(=O)N1CCCC(C(=O)O)N1)C(C)C.C=Cc1cc2cc(CC)ccc2cn1. The number of amides is 3. The largest absolute Gasteiger partial charge is 0.480 e. The summed E-state index contributed by atoms with van der Waals surface area (Å²) < 4.78 is 0. The number of carbonyl (C=O) groups excluding carboxylic acids is 3. The predicted molar refractivity (Wildman–Crippen MR) is 161 cm³/mol. The summed E-state index contributed by atoms with van der Waals surface area (Å²) >= 11 is 0. The summed E-state index contributed by atoms with van der Waals surface area (Å²) in [7, 11) is 0. The number of hydrogen-bond acceptors (Lipinski definition) is 6. The van der Waals surface area contributed by atoms with Crippen LogP contribution >= 0.6 is 0 Å². The van der Waals surface area contributed by atoms with Crippen molar-refractivity contribution in [3.05, 3.63) is 60.5 Å². The summed E-state index contributed by atoms with van der Waals surface area (Å²) in [6.45, 7) is 13.2. The number of pyridine rings is 1. The number of carbonyl (C=O) groups is 4. The molecule has 3 rings (SSSR count). The van der Waals surface area contributed by atoms with Gasteiger partial charge in [0.25, 0.3) is 5.91 Å². The van der Waals surface area contributed by atoms with Crippen molar-refractivity contribution in [3.63, 3.8) is 0 Å². The number of hydrogen-bond donors (Lipinski definition) is 4. The lowest BCUT2D eigenvalue weighted by Gasteiger charge is -2.34.